The van der Waals surface area contributed by atoms with E-state index >= 15 is 0 Å². The Kier molecular flexibility index (Phi) is 7.31. The number of ether oxygens (including phenoxy) is 2. The number of hydrogen-bond donors (Lipinski definition) is 3. The number of aromatic nitrogens is 1. The van der Waals surface area contributed by atoms with Crippen molar-refractivity contribution in [2.45, 2.75) is 57.5 Å². The van der Waals surface area contributed by atoms with Crippen molar-refractivity contribution in [3.8, 4) is 0 Å². The van der Waals surface area contributed by atoms with Gasteiger partial charge in [-0.3, -0.25) is 0 Å². The Morgan fingerprint density at radius 2 is 1.86 bits per heavy atom. The number of aliphatic hydroxyl groups excluding tert-OH is 1. The fourth-order valence-corrected chi connectivity index (χ4v) is 4.60. The highest BCUT2D eigenvalue weighted by Crippen LogP contribution is 2.36. The summed E-state index contributed by atoms with van der Waals surface area (Å²) < 4.78 is 11.0. The highest BCUT2D eigenvalue weighted by atomic mass is 16.6. The molecule has 1 aliphatic rings. The number of benzene rings is 2. The second kappa shape index (κ2) is 10.4. The molecule has 8 nitrogen and oxygen atoms in total. The number of nitrogens with zero attached hydrogens (tertiary/aromatic N) is 1. The van der Waals surface area contributed by atoms with Crippen LogP contribution in [0.3, 0.4) is 0 Å². The molecule has 35 heavy (non-hydrogen) atoms. The molecule has 0 spiro atoms. The van der Waals surface area contributed by atoms with E-state index in [1.807, 2.05) is 81.6 Å². The largest absolute Gasteiger partial charge is 0.445 e. The molecule has 2 amide bonds. The number of fused-ring (bicyclic) bond motifs is 1. The van der Waals surface area contributed by atoms with E-state index < -0.39 is 29.9 Å². The predicted octanol–water partition coefficient (Wildman–Crippen LogP) is 4.55. The lowest BCUT2D eigenvalue weighted by molar-refractivity contribution is 0.0117. The lowest BCUT2D eigenvalue weighted by atomic mass is 9.88. The number of aliphatic hydroxyl groups is 1. The average Bonchev–Trinajstić information content (AvgIpc) is 3.42. The number of alkyl carbamates (subject to hydrolysis) is 1. The van der Waals surface area contributed by atoms with Gasteiger partial charge < -0.3 is 29.8 Å². The number of aromatic amines is 1. The second-order valence-corrected chi connectivity index (χ2v) is 9.86. The van der Waals surface area contributed by atoms with Crippen molar-refractivity contribution >= 4 is 23.1 Å². The van der Waals surface area contributed by atoms with Gasteiger partial charge >= 0.3 is 12.2 Å². The number of carbonyl (C=O) groups excluding carboxylic acids is 2. The molecule has 2 aromatic carbocycles. The van der Waals surface area contributed by atoms with Gasteiger partial charge in [-0.1, -0.05) is 48.5 Å². The molecule has 0 radical (unpaired) electrons. The van der Waals surface area contributed by atoms with Gasteiger partial charge in [0.2, 0.25) is 0 Å². The van der Waals surface area contributed by atoms with E-state index in [1.165, 1.54) is 0 Å². The molecule has 1 saturated heterocycles. The van der Waals surface area contributed by atoms with Crippen molar-refractivity contribution in [3.05, 3.63) is 71.9 Å². The van der Waals surface area contributed by atoms with Crippen LogP contribution in [-0.2, 0) is 16.1 Å². The number of rotatable bonds is 6. The molecule has 0 aliphatic carbocycles. The second-order valence-electron chi connectivity index (χ2n) is 9.86. The van der Waals surface area contributed by atoms with Gasteiger partial charge in [0.05, 0.1) is 12.1 Å². The van der Waals surface area contributed by atoms with Crippen LogP contribution >= 0.6 is 0 Å². The van der Waals surface area contributed by atoms with Crippen molar-refractivity contribution in [2.75, 3.05) is 13.1 Å². The van der Waals surface area contributed by atoms with Crippen LogP contribution in [0, 0.1) is 0 Å². The highest BCUT2D eigenvalue weighted by molar-refractivity contribution is 5.84. The van der Waals surface area contributed by atoms with Gasteiger partial charge in [-0.25, -0.2) is 9.59 Å². The fourth-order valence-electron chi connectivity index (χ4n) is 4.60. The summed E-state index contributed by atoms with van der Waals surface area (Å²) in [7, 11) is 0. The minimum absolute atomic E-state index is 0.153. The first-order chi connectivity index (χ1) is 16.7. The summed E-state index contributed by atoms with van der Waals surface area (Å²) in [6.45, 7) is 6.14. The van der Waals surface area contributed by atoms with Crippen LogP contribution in [0.2, 0.25) is 0 Å². The predicted molar refractivity (Wildman–Crippen MR) is 133 cm³/mol. The maximum atomic E-state index is 13.0. The monoisotopic (exact) mass is 479 g/mol. The molecule has 3 aromatic rings. The smallest absolute Gasteiger partial charge is 0.410 e. The van der Waals surface area contributed by atoms with E-state index in [4.69, 9.17) is 9.47 Å². The van der Waals surface area contributed by atoms with E-state index in [2.05, 4.69) is 10.3 Å². The maximum Gasteiger partial charge on any atom is 0.410 e. The zero-order chi connectivity index (χ0) is 25.0. The molecule has 186 valence electrons. The maximum absolute atomic E-state index is 13.0. The van der Waals surface area contributed by atoms with Gasteiger partial charge in [0, 0.05) is 36.1 Å². The average molecular weight is 480 g/mol. The molecule has 2 heterocycles. The van der Waals surface area contributed by atoms with Crippen LogP contribution in [0.5, 0.6) is 0 Å². The quantitative estimate of drug-likeness (QED) is 0.481. The highest BCUT2D eigenvalue weighted by Gasteiger charge is 2.44. The molecule has 1 fully saturated rings. The van der Waals surface area contributed by atoms with Crippen molar-refractivity contribution in [2.24, 2.45) is 0 Å². The summed E-state index contributed by atoms with van der Waals surface area (Å²) in [6.07, 6.45) is 0.514. The number of H-pyrrole nitrogens is 1. The molecular formula is C27H33N3O5. The first-order valence-corrected chi connectivity index (χ1v) is 11.9. The van der Waals surface area contributed by atoms with Crippen LogP contribution in [0.15, 0.2) is 60.8 Å². The molecule has 4 rings (SSSR count). The zero-order valence-corrected chi connectivity index (χ0v) is 20.4. The summed E-state index contributed by atoms with van der Waals surface area (Å²) >= 11 is 0. The number of carbonyl (C=O) groups is 2. The van der Waals surface area contributed by atoms with Crippen LogP contribution < -0.4 is 5.32 Å². The van der Waals surface area contributed by atoms with Gasteiger partial charge in [-0.05, 0) is 44.4 Å². The topological polar surface area (TPSA) is 104 Å². The Balaban J connectivity index is 1.56. The molecular weight excluding hydrogens is 446 g/mol. The van der Waals surface area contributed by atoms with Crippen LogP contribution in [0.1, 0.15) is 44.2 Å². The van der Waals surface area contributed by atoms with E-state index in [9.17, 15) is 14.7 Å². The third-order valence-corrected chi connectivity index (χ3v) is 6.16. The van der Waals surface area contributed by atoms with E-state index in [0.717, 1.165) is 22.0 Å². The molecule has 1 aliphatic heterocycles. The molecule has 1 unspecified atom stereocenters. The van der Waals surface area contributed by atoms with Gasteiger partial charge in [0.1, 0.15) is 12.2 Å². The molecule has 1 aromatic heterocycles. The van der Waals surface area contributed by atoms with Crippen LogP contribution in [0.4, 0.5) is 9.59 Å². The molecule has 3 atom stereocenters. The van der Waals surface area contributed by atoms with Gasteiger partial charge in [0.15, 0.2) is 0 Å². The summed E-state index contributed by atoms with van der Waals surface area (Å²) in [6, 6.07) is 16.7. The van der Waals surface area contributed by atoms with Crippen molar-refractivity contribution in [1.29, 1.82) is 0 Å². The Bertz CT molecular complexity index is 1150. The molecule has 0 saturated carbocycles. The Labute approximate surface area is 205 Å². The molecule has 3 N–H and O–H groups in total. The SMILES string of the molecule is CC(C)(C)OC(=O)N1CC[C@H](O)[C@H]1C(CNC(=O)OCc1ccccc1)c1c[nH]c2ccccc12. The van der Waals surface area contributed by atoms with Gasteiger partial charge in [-0.15, -0.1) is 0 Å². The van der Waals surface area contributed by atoms with E-state index in [-0.39, 0.29) is 19.1 Å². The molecule has 8 heteroatoms. The van der Waals surface area contributed by atoms with Crippen LogP contribution in [0.25, 0.3) is 10.9 Å². The normalized spacial score (nSPS) is 18.9. The zero-order valence-electron chi connectivity index (χ0n) is 20.4. The van der Waals surface area contributed by atoms with Crippen molar-refractivity contribution < 1.29 is 24.2 Å². The minimum atomic E-state index is -0.761. The first-order valence-electron chi connectivity index (χ1n) is 11.9. The number of likely N-dealkylation sites (tertiary alicyclic amines) is 1. The van der Waals surface area contributed by atoms with Gasteiger partial charge in [-0.2, -0.15) is 0 Å². The van der Waals surface area contributed by atoms with E-state index in [1.54, 1.807) is 4.90 Å². The number of amides is 2. The summed E-state index contributed by atoms with van der Waals surface area (Å²) in [5.41, 5.74) is 2.07. The van der Waals surface area contributed by atoms with E-state index in [0.29, 0.717) is 13.0 Å². The lowest BCUT2D eigenvalue weighted by Gasteiger charge is -2.34. The minimum Gasteiger partial charge on any atom is -0.445 e. The standard InChI is InChI=1S/C27H33N3O5/c1-27(2,3)35-26(33)30-14-13-23(31)24(30)21(20-15-28-22-12-8-7-11-19(20)22)16-29-25(32)34-17-18-9-5-4-6-10-18/h4-12,15,21,23-24,28,31H,13-14,16-17H2,1-3H3,(H,29,32)/t21?,23-,24+/m0/s1. The van der Waals surface area contributed by atoms with Crippen molar-refractivity contribution in [3.63, 3.8) is 0 Å². The molecule has 0 bridgehead atoms. The third-order valence-electron chi connectivity index (χ3n) is 6.16. The summed E-state index contributed by atoms with van der Waals surface area (Å²) in [4.78, 5) is 30.4. The summed E-state index contributed by atoms with van der Waals surface area (Å²) in [5, 5.41) is 14.8. The Morgan fingerprint density at radius 3 is 2.60 bits per heavy atom. The summed E-state index contributed by atoms with van der Waals surface area (Å²) in [5.74, 6) is -0.388. The fraction of sp³-hybridized carbons (Fsp3) is 0.407. The number of para-hydroxylation sites is 1. The van der Waals surface area contributed by atoms with Crippen molar-refractivity contribution in [1.82, 2.24) is 15.2 Å². The Hall–Kier alpha value is -3.52. The number of nitrogens with one attached hydrogen (secondary N) is 2. The lowest BCUT2D eigenvalue weighted by Crippen LogP contribution is -2.48. The number of hydrogen-bond acceptors (Lipinski definition) is 5. The first kappa shape index (κ1) is 24.6. The third kappa shape index (κ3) is 5.95. The van der Waals surface area contributed by atoms with Crippen LogP contribution in [-0.4, -0.2) is 58.0 Å². The Morgan fingerprint density at radius 1 is 1.14 bits per heavy atom. The van der Waals surface area contributed by atoms with Gasteiger partial charge in [0.25, 0.3) is 0 Å².